The van der Waals surface area contributed by atoms with Crippen molar-refractivity contribution < 1.29 is 13.2 Å². The Morgan fingerprint density at radius 3 is 2.34 bits per heavy atom. The van der Waals surface area contributed by atoms with E-state index in [0.29, 0.717) is 23.9 Å². The third kappa shape index (κ3) is 5.94. The summed E-state index contributed by atoms with van der Waals surface area (Å²) in [4.78, 5) is 14.7. The molecule has 4 nitrogen and oxygen atoms in total. The number of amides is 1. The maximum Gasteiger partial charge on any atom is 0.247 e. The lowest BCUT2D eigenvalue weighted by Crippen LogP contribution is -2.39. The summed E-state index contributed by atoms with van der Waals surface area (Å²) in [5, 5.41) is 0.635. The summed E-state index contributed by atoms with van der Waals surface area (Å²) in [5.41, 5.74) is 3.09. The number of carbonyl (C=O) groups is 1. The van der Waals surface area contributed by atoms with Crippen LogP contribution >= 0.6 is 11.6 Å². The minimum absolute atomic E-state index is 0.0254. The van der Waals surface area contributed by atoms with Crippen LogP contribution in [-0.2, 0) is 21.2 Å². The molecule has 0 spiro atoms. The van der Waals surface area contributed by atoms with Gasteiger partial charge in [-0.2, -0.15) is 0 Å². The minimum atomic E-state index is -3.09. The topological polar surface area (TPSA) is 54.5 Å². The van der Waals surface area contributed by atoms with E-state index in [1.807, 2.05) is 24.3 Å². The van der Waals surface area contributed by atoms with Crippen molar-refractivity contribution in [1.29, 1.82) is 0 Å². The van der Waals surface area contributed by atoms with Crippen LogP contribution < -0.4 is 0 Å². The number of hydrogen-bond acceptors (Lipinski definition) is 3. The lowest BCUT2D eigenvalue weighted by molar-refractivity contribution is -0.128. The van der Waals surface area contributed by atoms with Crippen LogP contribution in [0, 0.1) is 0 Å². The standard InChI is InChI=1S/C23H26ClNO3S/c1-17(2)20-8-3-19(4-9-20)15-25(22-13-14-29(27,28)16-22)23(26)12-7-18-5-10-21(24)11-6-18/h3-12,17,22H,13-16H2,1-2H3. The van der Waals surface area contributed by atoms with Gasteiger partial charge in [-0.25, -0.2) is 8.42 Å². The van der Waals surface area contributed by atoms with Crippen LogP contribution in [0.1, 0.15) is 42.9 Å². The molecule has 0 bridgehead atoms. The van der Waals surface area contributed by atoms with Crippen molar-refractivity contribution in [2.45, 2.75) is 38.8 Å². The molecule has 3 rings (SSSR count). The number of benzene rings is 2. The molecule has 1 unspecified atom stereocenters. The summed E-state index contributed by atoms with van der Waals surface area (Å²) in [6.45, 7) is 4.66. The molecule has 0 N–H and O–H groups in total. The Bertz CT molecular complexity index is 980. The van der Waals surface area contributed by atoms with Crippen LogP contribution in [0.2, 0.25) is 5.02 Å². The minimum Gasteiger partial charge on any atom is -0.331 e. The van der Waals surface area contributed by atoms with Crippen LogP contribution in [0.25, 0.3) is 6.08 Å². The molecule has 0 aliphatic carbocycles. The molecule has 1 atom stereocenters. The molecule has 2 aromatic rings. The van der Waals surface area contributed by atoms with Crippen LogP contribution in [0.15, 0.2) is 54.6 Å². The smallest absolute Gasteiger partial charge is 0.247 e. The SMILES string of the molecule is CC(C)c1ccc(CN(C(=O)C=Cc2ccc(Cl)cc2)C2CCS(=O)(=O)C2)cc1. The molecule has 0 saturated carbocycles. The predicted octanol–water partition coefficient (Wildman–Crippen LogP) is 4.69. The number of hydrogen-bond donors (Lipinski definition) is 0. The van der Waals surface area contributed by atoms with E-state index in [-0.39, 0.29) is 23.5 Å². The lowest BCUT2D eigenvalue weighted by atomic mass is 10.0. The molecule has 154 valence electrons. The molecular weight excluding hydrogens is 406 g/mol. The number of rotatable bonds is 6. The first-order valence-corrected chi connectivity index (χ1v) is 12.0. The normalized spacial score (nSPS) is 18.4. The summed E-state index contributed by atoms with van der Waals surface area (Å²) >= 11 is 5.90. The zero-order valence-electron chi connectivity index (χ0n) is 16.7. The quantitative estimate of drug-likeness (QED) is 0.623. The van der Waals surface area contributed by atoms with Gasteiger partial charge in [0, 0.05) is 23.7 Å². The van der Waals surface area contributed by atoms with Gasteiger partial charge < -0.3 is 4.90 Å². The number of halogens is 1. The van der Waals surface area contributed by atoms with Crippen molar-refractivity contribution in [2.24, 2.45) is 0 Å². The molecule has 29 heavy (non-hydrogen) atoms. The maximum atomic E-state index is 13.0. The summed E-state index contributed by atoms with van der Waals surface area (Å²) < 4.78 is 24.0. The zero-order valence-corrected chi connectivity index (χ0v) is 18.3. The Morgan fingerprint density at radius 2 is 1.79 bits per heavy atom. The van der Waals surface area contributed by atoms with Crippen LogP contribution in [0.4, 0.5) is 0 Å². The number of carbonyl (C=O) groups excluding carboxylic acids is 1. The van der Waals surface area contributed by atoms with E-state index < -0.39 is 9.84 Å². The predicted molar refractivity (Wildman–Crippen MR) is 119 cm³/mol. The summed E-state index contributed by atoms with van der Waals surface area (Å²) in [6, 6.07) is 15.1. The first kappa shape index (κ1) is 21.6. The van der Waals surface area contributed by atoms with E-state index in [9.17, 15) is 13.2 Å². The Morgan fingerprint density at radius 1 is 1.14 bits per heavy atom. The third-order valence-electron chi connectivity index (χ3n) is 5.22. The van der Waals surface area contributed by atoms with Gasteiger partial charge in [0.15, 0.2) is 9.84 Å². The van der Waals surface area contributed by atoms with Crippen LogP contribution in [0.5, 0.6) is 0 Å². The third-order valence-corrected chi connectivity index (χ3v) is 7.22. The average Bonchev–Trinajstić information content (AvgIpc) is 3.05. The van der Waals surface area contributed by atoms with Crippen molar-refractivity contribution in [3.8, 4) is 0 Å². The fourth-order valence-electron chi connectivity index (χ4n) is 3.45. The van der Waals surface area contributed by atoms with Gasteiger partial charge in [-0.1, -0.05) is 61.8 Å². The molecule has 1 amide bonds. The highest BCUT2D eigenvalue weighted by atomic mass is 35.5. The molecular formula is C23H26ClNO3S. The molecule has 6 heteroatoms. The summed E-state index contributed by atoms with van der Waals surface area (Å²) in [7, 11) is -3.09. The average molecular weight is 432 g/mol. The second kappa shape index (κ2) is 9.14. The summed E-state index contributed by atoms with van der Waals surface area (Å²) in [5.74, 6) is 0.408. The molecule has 0 aromatic heterocycles. The highest BCUT2D eigenvalue weighted by molar-refractivity contribution is 7.91. The first-order valence-electron chi connectivity index (χ1n) is 9.77. The second-order valence-electron chi connectivity index (χ2n) is 7.80. The van der Waals surface area contributed by atoms with Gasteiger partial charge in [0.05, 0.1) is 11.5 Å². The van der Waals surface area contributed by atoms with Gasteiger partial charge in [-0.15, -0.1) is 0 Å². The van der Waals surface area contributed by atoms with Crippen LogP contribution in [-0.4, -0.2) is 36.8 Å². The highest BCUT2D eigenvalue weighted by Crippen LogP contribution is 2.22. The molecule has 1 saturated heterocycles. The summed E-state index contributed by atoms with van der Waals surface area (Å²) in [6.07, 6.45) is 3.72. The van der Waals surface area contributed by atoms with E-state index in [0.717, 1.165) is 11.1 Å². The highest BCUT2D eigenvalue weighted by Gasteiger charge is 2.34. The van der Waals surface area contributed by atoms with E-state index in [1.54, 1.807) is 23.1 Å². The molecule has 1 fully saturated rings. The Balaban J connectivity index is 1.80. The van der Waals surface area contributed by atoms with Gasteiger partial charge >= 0.3 is 0 Å². The van der Waals surface area contributed by atoms with Crippen molar-refractivity contribution in [3.05, 3.63) is 76.3 Å². The van der Waals surface area contributed by atoms with Gasteiger partial charge in [0.1, 0.15) is 0 Å². The largest absolute Gasteiger partial charge is 0.331 e. The zero-order chi connectivity index (χ0) is 21.0. The molecule has 0 radical (unpaired) electrons. The Kier molecular flexibility index (Phi) is 6.81. The maximum absolute atomic E-state index is 13.0. The van der Waals surface area contributed by atoms with Gasteiger partial charge in [-0.3, -0.25) is 4.79 Å². The van der Waals surface area contributed by atoms with Gasteiger partial charge in [-0.05, 0) is 47.2 Å². The van der Waals surface area contributed by atoms with Gasteiger partial charge in [0.25, 0.3) is 0 Å². The molecule has 1 aliphatic rings. The van der Waals surface area contributed by atoms with Crippen LogP contribution in [0.3, 0.4) is 0 Å². The van der Waals surface area contributed by atoms with Gasteiger partial charge in [0.2, 0.25) is 5.91 Å². The Labute approximate surface area is 178 Å². The second-order valence-corrected chi connectivity index (χ2v) is 10.5. The molecule has 2 aromatic carbocycles. The van der Waals surface area contributed by atoms with Crippen molar-refractivity contribution in [1.82, 2.24) is 4.90 Å². The van der Waals surface area contributed by atoms with E-state index >= 15 is 0 Å². The molecule has 1 aliphatic heterocycles. The Hall–Kier alpha value is -2.11. The number of sulfone groups is 1. The van der Waals surface area contributed by atoms with E-state index in [2.05, 4.69) is 26.0 Å². The van der Waals surface area contributed by atoms with E-state index in [4.69, 9.17) is 11.6 Å². The fraction of sp³-hybridized carbons (Fsp3) is 0.348. The lowest BCUT2D eigenvalue weighted by Gasteiger charge is -2.27. The van der Waals surface area contributed by atoms with Crippen molar-refractivity contribution >= 4 is 33.4 Å². The van der Waals surface area contributed by atoms with E-state index in [1.165, 1.54) is 11.6 Å². The molecule has 1 heterocycles. The number of nitrogens with zero attached hydrogens (tertiary/aromatic N) is 1. The van der Waals surface area contributed by atoms with Crippen molar-refractivity contribution in [2.75, 3.05) is 11.5 Å². The monoisotopic (exact) mass is 431 g/mol. The first-order chi connectivity index (χ1) is 13.7. The van der Waals surface area contributed by atoms with Crippen molar-refractivity contribution in [3.63, 3.8) is 0 Å². The fourth-order valence-corrected chi connectivity index (χ4v) is 5.31.